The molecule has 0 radical (unpaired) electrons. The van der Waals surface area contributed by atoms with Gasteiger partial charge in [0.25, 0.3) is 0 Å². The van der Waals surface area contributed by atoms with Gasteiger partial charge in [0, 0.05) is 50.0 Å². The van der Waals surface area contributed by atoms with Crippen LogP contribution in [0.4, 0.5) is 5.95 Å². The van der Waals surface area contributed by atoms with Crippen LogP contribution in [0.3, 0.4) is 0 Å². The Morgan fingerprint density at radius 1 is 1.29 bits per heavy atom. The predicted octanol–water partition coefficient (Wildman–Crippen LogP) is 2.32. The highest BCUT2D eigenvalue weighted by atomic mass is 15.2. The summed E-state index contributed by atoms with van der Waals surface area (Å²) in [5.41, 5.74) is 3.33. The molecule has 0 bridgehead atoms. The quantitative estimate of drug-likeness (QED) is 0.791. The number of anilines is 1. The van der Waals surface area contributed by atoms with E-state index in [0.717, 1.165) is 48.8 Å². The third kappa shape index (κ3) is 4.49. The van der Waals surface area contributed by atoms with E-state index in [1.54, 1.807) is 6.20 Å². The molecule has 0 aliphatic rings. The lowest BCUT2D eigenvalue weighted by Gasteiger charge is -2.18. The lowest BCUT2D eigenvalue weighted by Crippen LogP contribution is -2.21. The van der Waals surface area contributed by atoms with Crippen molar-refractivity contribution in [3.8, 4) is 0 Å². The van der Waals surface area contributed by atoms with Crippen LogP contribution >= 0.6 is 0 Å². The molecule has 0 aliphatic carbocycles. The summed E-state index contributed by atoms with van der Waals surface area (Å²) in [6.07, 6.45) is 6.69. The molecule has 2 rings (SSSR count). The maximum Gasteiger partial charge on any atom is 0.225 e. The van der Waals surface area contributed by atoms with Crippen molar-refractivity contribution in [1.29, 1.82) is 0 Å². The molecular formula is C16H23N5. The van der Waals surface area contributed by atoms with Crippen LogP contribution in [0, 0.1) is 6.92 Å². The van der Waals surface area contributed by atoms with Gasteiger partial charge in [-0.05, 0) is 31.5 Å². The molecule has 5 heteroatoms. The second kappa shape index (κ2) is 7.69. The van der Waals surface area contributed by atoms with Crippen molar-refractivity contribution < 1.29 is 0 Å². The number of nitrogens with zero attached hydrogens (tertiary/aromatic N) is 4. The molecule has 0 spiro atoms. The van der Waals surface area contributed by atoms with Crippen LogP contribution in [-0.2, 0) is 13.1 Å². The first kappa shape index (κ1) is 15.4. The van der Waals surface area contributed by atoms with Crippen LogP contribution in [-0.4, -0.2) is 28.5 Å². The van der Waals surface area contributed by atoms with Gasteiger partial charge in [0.1, 0.15) is 0 Å². The Morgan fingerprint density at radius 2 is 2.14 bits per heavy atom. The van der Waals surface area contributed by atoms with Crippen molar-refractivity contribution in [2.24, 2.45) is 0 Å². The van der Waals surface area contributed by atoms with E-state index >= 15 is 0 Å². The highest BCUT2D eigenvalue weighted by molar-refractivity contribution is 5.33. The molecule has 2 heterocycles. The molecule has 2 aromatic heterocycles. The van der Waals surface area contributed by atoms with Gasteiger partial charge in [-0.25, -0.2) is 9.97 Å². The van der Waals surface area contributed by atoms with Crippen molar-refractivity contribution in [1.82, 2.24) is 20.3 Å². The topological polar surface area (TPSA) is 53.9 Å². The Kier molecular flexibility index (Phi) is 5.63. The molecule has 21 heavy (non-hydrogen) atoms. The van der Waals surface area contributed by atoms with Crippen LogP contribution in [0.15, 0.2) is 30.7 Å². The first-order chi connectivity index (χ1) is 10.2. The molecule has 0 aliphatic heterocycles. The van der Waals surface area contributed by atoms with Gasteiger partial charge in [0.15, 0.2) is 0 Å². The molecule has 0 amide bonds. The van der Waals surface area contributed by atoms with Gasteiger partial charge in [-0.2, -0.15) is 0 Å². The molecule has 0 unspecified atom stereocenters. The number of rotatable bonds is 7. The SMILES string of the molecule is CCCNCc1cnc(N(C)Cc2cccnc2)nc1C. The normalized spacial score (nSPS) is 10.6. The van der Waals surface area contributed by atoms with Crippen LogP contribution in [0.5, 0.6) is 0 Å². The van der Waals surface area contributed by atoms with Gasteiger partial charge in [-0.3, -0.25) is 4.98 Å². The number of pyridine rings is 1. The lowest BCUT2D eigenvalue weighted by molar-refractivity contribution is 0.667. The van der Waals surface area contributed by atoms with E-state index in [-0.39, 0.29) is 0 Å². The van der Waals surface area contributed by atoms with Crippen LogP contribution < -0.4 is 10.2 Å². The zero-order valence-electron chi connectivity index (χ0n) is 13.0. The molecule has 0 atom stereocenters. The number of hydrogen-bond acceptors (Lipinski definition) is 5. The first-order valence-corrected chi connectivity index (χ1v) is 7.34. The summed E-state index contributed by atoms with van der Waals surface area (Å²) in [7, 11) is 2.00. The minimum atomic E-state index is 0.746. The van der Waals surface area contributed by atoms with E-state index < -0.39 is 0 Å². The maximum absolute atomic E-state index is 4.60. The summed E-state index contributed by atoms with van der Waals surface area (Å²) < 4.78 is 0. The predicted molar refractivity (Wildman–Crippen MR) is 85.1 cm³/mol. The molecule has 0 saturated heterocycles. The van der Waals surface area contributed by atoms with E-state index in [4.69, 9.17) is 0 Å². The molecular weight excluding hydrogens is 262 g/mol. The molecule has 0 aromatic carbocycles. The smallest absolute Gasteiger partial charge is 0.225 e. The summed E-state index contributed by atoms with van der Waals surface area (Å²) >= 11 is 0. The van der Waals surface area contributed by atoms with Gasteiger partial charge in [-0.1, -0.05) is 13.0 Å². The molecule has 2 aromatic rings. The first-order valence-electron chi connectivity index (χ1n) is 7.34. The minimum absolute atomic E-state index is 0.746. The monoisotopic (exact) mass is 285 g/mol. The number of aromatic nitrogens is 3. The Hall–Kier alpha value is -2.01. The van der Waals surface area contributed by atoms with Gasteiger partial charge in [0.2, 0.25) is 5.95 Å². The summed E-state index contributed by atoms with van der Waals surface area (Å²) in [5, 5.41) is 3.38. The van der Waals surface area contributed by atoms with Crippen molar-refractivity contribution in [3.63, 3.8) is 0 Å². The van der Waals surface area contributed by atoms with E-state index in [2.05, 4.69) is 33.3 Å². The van der Waals surface area contributed by atoms with Crippen molar-refractivity contribution in [2.75, 3.05) is 18.5 Å². The van der Waals surface area contributed by atoms with Crippen molar-refractivity contribution in [2.45, 2.75) is 33.4 Å². The Morgan fingerprint density at radius 3 is 2.81 bits per heavy atom. The standard InChI is InChI=1S/C16H23N5/c1-4-7-17-10-15-11-19-16(20-13(15)2)21(3)12-14-6-5-8-18-9-14/h5-6,8-9,11,17H,4,7,10,12H2,1-3H3. The summed E-state index contributed by atoms with van der Waals surface area (Å²) in [6.45, 7) is 6.79. The fraction of sp³-hybridized carbons (Fsp3) is 0.438. The number of nitrogens with one attached hydrogen (secondary N) is 1. The molecule has 112 valence electrons. The van der Waals surface area contributed by atoms with Gasteiger partial charge < -0.3 is 10.2 Å². The minimum Gasteiger partial charge on any atom is -0.339 e. The second-order valence-corrected chi connectivity index (χ2v) is 5.17. The average Bonchev–Trinajstić information content (AvgIpc) is 2.50. The number of aryl methyl sites for hydroxylation is 1. The van der Waals surface area contributed by atoms with Crippen molar-refractivity contribution in [3.05, 3.63) is 47.5 Å². The summed E-state index contributed by atoms with van der Waals surface area (Å²) in [6, 6.07) is 4.00. The number of hydrogen-bond donors (Lipinski definition) is 1. The zero-order chi connectivity index (χ0) is 15.1. The third-order valence-corrected chi connectivity index (χ3v) is 3.29. The van der Waals surface area contributed by atoms with E-state index in [9.17, 15) is 0 Å². The Labute approximate surface area is 126 Å². The van der Waals surface area contributed by atoms with Crippen LogP contribution in [0.2, 0.25) is 0 Å². The molecule has 1 N–H and O–H groups in total. The molecule has 5 nitrogen and oxygen atoms in total. The van der Waals surface area contributed by atoms with Gasteiger partial charge >= 0.3 is 0 Å². The fourth-order valence-corrected chi connectivity index (χ4v) is 2.07. The maximum atomic E-state index is 4.60. The lowest BCUT2D eigenvalue weighted by atomic mass is 10.2. The van der Waals surface area contributed by atoms with E-state index in [1.807, 2.05) is 37.3 Å². The Balaban J connectivity index is 2.01. The highest BCUT2D eigenvalue weighted by Crippen LogP contribution is 2.12. The largest absolute Gasteiger partial charge is 0.339 e. The Bertz CT molecular complexity index is 556. The van der Waals surface area contributed by atoms with E-state index in [0.29, 0.717) is 0 Å². The van der Waals surface area contributed by atoms with E-state index in [1.165, 1.54) is 0 Å². The molecule has 0 saturated carbocycles. The zero-order valence-corrected chi connectivity index (χ0v) is 13.0. The average molecular weight is 285 g/mol. The summed E-state index contributed by atoms with van der Waals surface area (Å²) in [5.74, 6) is 0.746. The highest BCUT2D eigenvalue weighted by Gasteiger charge is 2.08. The fourth-order valence-electron chi connectivity index (χ4n) is 2.07. The second-order valence-electron chi connectivity index (χ2n) is 5.17. The third-order valence-electron chi connectivity index (χ3n) is 3.29. The van der Waals surface area contributed by atoms with Gasteiger partial charge in [0.05, 0.1) is 0 Å². The van der Waals surface area contributed by atoms with Crippen LogP contribution in [0.1, 0.15) is 30.2 Å². The van der Waals surface area contributed by atoms with Gasteiger partial charge in [-0.15, -0.1) is 0 Å². The van der Waals surface area contributed by atoms with Crippen LogP contribution in [0.25, 0.3) is 0 Å². The molecule has 0 fully saturated rings. The van der Waals surface area contributed by atoms with Crippen molar-refractivity contribution >= 4 is 5.95 Å². The summed E-state index contributed by atoms with van der Waals surface area (Å²) in [4.78, 5) is 15.2.